The SMILES string of the molecule is CS(=O)(=O)C/C(=N/O)c1ccc(Br)cc1. The van der Waals surface area contributed by atoms with Crippen molar-refractivity contribution in [1.29, 1.82) is 0 Å². The van der Waals surface area contributed by atoms with Gasteiger partial charge in [-0.2, -0.15) is 0 Å². The van der Waals surface area contributed by atoms with Crippen LogP contribution in [0.15, 0.2) is 33.9 Å². The summed E-state index contributed by atoms with van der Waals surface area (Å²) in [6.07, 6.45) is 1.09. The van der Waals surface area contributed by atoms with Crippen molar-refractivity contribution in [3.63, 3.8) is 0 Å². The van der Waals surface area contributed by atoms with Gasteiger partial charge in [0.25, 0.3) is 0 Å². The van der Waals surface area contributed by atoms with Crippen LogP contribution >= 0.6 is 15.9 Å². The van der Waals surface area contributed by atoms with E-state index in [2.05, 4.69) is 21.1 Å². The molecule has 15 heavy (non-hydrogen) atoms. The molecule has 0 bridgehead atoms. The molecule has 6 heteroatoms. The summed E-state index contributed by atoms with van der Waals surface area (Å²) in [5.41, 5.74) is 0.733. The molecule has 1 aromatic carbocycles. The van der Waals surface area contributed by atoms with Crippen molar-refractivity contribution in [2.24, 2.45) is 5.16 Å². The second-order valence-corrected chi connectivity index (χ2v) is 6.18. The maximum atomic E-state index is 11.0. The lowest BCUT2D eigenvalue weighted by Gasteiger charge is -2.03. The summed E-state index contributed by atoms with van der Waals surface area (Å²) in [6, 6.07) is 6.88. The van der Waals surface area contributed by atoms with E-state index in [9.17, 15) is 8.42 Å². The first kappa shape index (κ1) is 12.2. The first-order valence-corrected chi connectivity index (χ1v) is 6.92. The summed E-state index contributed by atoms with van der Waals surface area (Å²) >= 11 is 3.26. The van der Waals surface area contributed by atoms with Crippen LogP contribution in [-0.2, 0) is 9.84 Å². The third-order valence-electron chi connectivity index (χ3n) is 1.70. The first-order valence-electron chi connectivity index (χ1n) is 4.07. The Bertz CT molecular complexity index is 465. The third kappa shape index (κ3) is 4.01. The van der Waals surface area contributed by atoms with Gasteiger partial charge in [-0.15, -0.1) is 0 Å². The van der Waals surface area contributed by atoms with Crippen molar-refractivity contribution in [2.75, 3.05) is 12.0 Å². The van der Waals surface area contributed by atoms with Gasteiger partial charge in [-0.05, 0) is 12.1 Å². The standard InChI is InChI=1S/C9H10BrNO3S/c1-15(13,14)6-9(11-12)7-2-4-8(10)5-3-7/h2-5,12H,6H2,1H3/b11-9-. The van der Waals surface area contributed by atoms with Crippen LogP contribution in [0.5, 0.6) is 0 Å². The quantitative estimate of drug-likeness (QED) is 0.523. The van der Waals surface area contributed by atoms with E-state index < -0.39 is 9.84 Å². The van der Waals surface area contributed by atoms with E-state index in [0.717, 1.165) is 10.7 Å². The number of oxime groups is 1. The zero-order valence-corrected chi connectivity index (χ0v) is 10.4. The van der Waals surface area contributed by atoms with Gasteiger partial charge in [0.15, 0.2) is 9.84 Å². The van der Waals surface area contributed by atoms with Crippen LogP contribution < -0.4 is 0 Å². The number of sulfone groups is 1. The Morgan fingerprint density at radius 1 is 1.40 bits per heavy atom. The summed E-state index contributed by atoms with van der Waals surface area (Å²) in [7, 11) is -3.20. The van der Waals surface area contributed by atoms with E-state index in [4.69, 9.17) is 5.21 Å². The Kier molecular flexibility index (Phi) is 3.87. The summed E-state index contributed by atoms with van der Waals surface area (Å²) in [4.78, 5) is 0. The highest BCUT2D eigenvalue weighted by Crippen LogP contribution is 2.11. The number of halogens is 1. The summed E-state index contributed by atoms with van der Waals surface area (Å²) < 4.78 is 23.0. The van der Waals surface area contributed by atoms with Crippen molar-refractivity contribution < 1.29 is 13.6 Å². The van der Waals surface area contributed by atoms with E-state index in [1.165, 1.54) is 0 Å². The highest BCUT2D eigenvalue weighted by molar-refractivity contribution is 9.10. The number of hydrogen-bond donors (Lipinski definition) is 1. The Labute approximate surface area is 96.7 Å². The molecule has 0 saturated heterocycles. The van der Waals surface area contributed by atoms with Gasteiger partial charge in [-0.1, -0.05) is 33.2 Å². The van der Waals surface area contributed by atoms with Crippen LogP contribution in [0.2, 0.25) is 0 Å². The predicted molar refractivity (Wildman–Crippen MR) is 62.2 cm³/mol. The Balaban J connectivity index is 3.00. The Morgan fingerprint density at radius 3 is 2.33 bits per heavy atom. The molecular weight excluding hydrogens is 282 g/mol. The molecule has 82 valence electrons. The number of benzene rings is 1. The molecule has 1 rings (SSSR count). The van der Waals surface area contributed by atoms with Gasteiger partial charge in [0.05, 0.1) is 5.75 Å². The highest BCUT2D eigenvalue weighted by Gasteiger charge is 2.11. The van der Waals surface area contributed by atoms with E-state index in [-0.39, 0.29) is 11.5 Å². The maximum absolute atomic E-state index is 11.0. The van der Waals surface area contributed by atoms with E-state index in [0.29, 0.717) is 5.56 Å². The van der Waals surface area contributed by atoms with Crippen LogP contribution in [0, 0.1) is 0 Å². The van der Waals surface area contributed by atoms with Gasteiger partial charge < -0.3 is 5.21 Å². The predicted octanol–water partition coefficient (Wildman–Crippen LogP) is 1.67. The monoisotopic (exact) mass is 291 g/mol. The molecule has 0 aromatic heterocycles. The first-order chi connectivity index (χ1) is 6.92. The molecule has 0 aliphatic rings. The molecule has 1 N–H and O–H groups in total. The van der Waals surface area contributed by atoms with Crippen molar-refractivity contribution >= 4 is 31.5 Å². The summed E-state index contributed by atoms with van der Waals surface area (Å²) in [5.74, 6) is -0.273. The van der Waals surface area contributed by atoms with Crippen LogP contribution in [0.4, 0.5) is 0 Å². The summed E-state index contributed by atoms with van der Waals surface area (Å²) in [5, 5.41) is 11.7. The number of rotatable bonds is 3. The highest BCUT2D eigenvalue weighted by atomic mass is 79.9. The summed E-state index contributed by atoms with van der Waals surface area (Å²) in [6.45, 7) is 0. The molecule has 1 aromatic rings. The lowest BCUT2D eigenvalue weighted by Crippen LogP contribution is -2.15. The van der Waals surface area contributed by atoms with Gasteiger partial charge in [0.2, 0.25) is 0 Å². The normalized spacial score (nSPS) is 12.8. The molecule has 0 amide bonds. The van der Waals surface area contributed by atoms with Crippen molar-refractivity contribution in [3.8, 4) is 0 Å². The second kappa shape index (κ2) is 4.76. The lowest BCUT2D eigenvalue weighted by atomic mass is 10.1. The van der Waals surface area contributed by atoms with Gasteiger partial charge >= 0.3 is 0 Å². The molecule has 0 aliphatic heterocycles. The molecule has 0 aliphatic carbocycles. The average Bonchev–Trinajstić information content (AvgIpc) is 2.14. The van der Waals surface area contributed by atoms with Crippen LogP contribution in [0.1, 0.15) is 5.56 Å². The van der Waals surface area contributed by atoms with Crippen molar-refractivity contribution in [1.82, 2.24) is 0 Å². The Hall–Kier alpha value is -0.880. The minimum Gasteiger partial charge on any atom is -0.411 e. The molecule has 0 spiro atoms. The number of nitrogens with zero attached hydrogens (tertiary/aromatic N) is 1. The van der Waals surface area contributed by atoms with Gasteiger partial charge in [-0.25, -0.2) is 8.42 Å². The molecule has 0 fully saturated rings. The molecule has 4 nitrogen and oxygen atoms in total. The maximum Gasteiger partial charge on any atom is 0.153 e. The molecule has 0 unspecified atom stereocenters. The Morgan fingerprint density at radius 2 is 1.93 bits per heavy atom. The average molecular weight is 292 g/mol. The fourth-order valence-electron chi connectivity index (χ4n) is 1.06. The zero-order chi connectivity index (χ0) is 11.5. The fourth-order valence-corrected chi connectivity index (χ4v) is 2.05. The van der Waals surface area contributed by atoms with Gasteiger partial charge in [0.1, 0.15) is 5.71 Å². The third-order valence-corrected chi connectivity index (χ3v) is 3.02. The van der Waals surface area contributed by atoms with Gasteiger partial charge in [0, 0.05) is 16.3 Å². The molecule has 0 saturated carbocycles. The van der Waals surface area contributed by atoms with E-state index in [1.807, 2.05) is 0 Å². The van der Waals surface area contributed by atoms with E-state index in [1.54, 1.807) is 24.3 Å². The molecule has 0 heterocycles. The molecular formula is C9H10BrNO3S. The van der Waals surface area contributed by atoms with E-state index >= 15 is 0 Å². The lowest BCUT2D eigenvalue weighted by molar-refractivity contribution is 0.319. The van der Waals surface area contributed by atoms with Gasteiger partial charge in [-0.3, -0.25) is 0 Å². The molecule has 0 radical (unpaired) electrons. The fraction of sp³-hybridized carbons (Fsp3) is 0.222. The largest absolute Gasteiger partial charge is 0.411 e. The second-order valence-electron chi connectivity index (χ2n) is 3.12. The van der Waals surface area contributed by atoms with Crippen LogP contribution in [0.3, 0.4) is 0 Å². The van der Waals surface area contributed by atoms with Crippen molar-refractivity contribution in [3.05, 3.63) is 34.3 Å². The topological polar surface area (TPSA) is 66.7 Å². The van der Waals surface area contributed by atoms with Crippen LogP contribution in [0.25, 0.3) is 0 Å². The van der Waals surface area contributed by atoms with Crippen molar-refractivity contribution in [2.45, 2.75) is 0 Å². The zero-order valence-electron chi connectivity index (χ0n) is 8.01. The van der Waals surface area contributed by atoms with Crippen LogP contribution in [-0.4, -0.2) is 31.3 Å². The minimum atomic E-state index is -3.20. The molecule has 0 atom stereocenters. The smallest absolute Gasteiger partial charge is 0.153 e. The minimum absolute atomic E-state index is 0.144. The number of hydrogen-bond acceptors (Lipinski definition) is 4.